The first-order valence-corrected chi connectivity index (χ1v) is 8.43. The highest BCUT2D eigenvalue weighted by molar-refractivity contribution is 5.47. The molecular formula is C18H26N2. The van der Waals surface area contributed by atoms with Gasteiger partial charge in [-0.1, -0.05) is 25.3 Å². The van der Waals surface area contributed by atoms with Crippen molar-refractivity contribution in [3.63, 3.8) is 0 Å². The number of hydrogen-bond donors (Lipinski definition) is 1. The number of anilines is 1. The molecule has 2 N–H and O–H groups in total. The van der Waals surface area contributed by atoms with Crippen LogP contribution in [0, 0.1) is 11.8 Å². The average molecular weight is 270 g/mol. The summed E-state index contributed by atoms with van der Waals surface area (Å²) in [5.41, 5.74) is 9.92. The van der Waals surface area contributed by atoms with Crippen molar-refractivity contribution in [2.24, 2.45) is 11.8 Å². The van der Waals surface area contributed by atoms with E-state index < -0.39 is 0 Å². The third-order valence-corrected chi connectivity index (χ3v) is 5.98. The Morgan fingerprint density at radius 1 is 1.00 bits per heavy atom. The summed E-state index contributed by atoms with van der Waals surface area (Å²) in [6.07, 6.45) is 9.87. The number of nitrogen functional groups attached to an aromatic ring is 1. The predicted octanol–water partition coefficient (Wildman–Crippen LogP) is 3.77. The fourth-order valence-electron chi connectivity index (χ4n) is 4.91. The lowest BCUT2D eigenvalue weighted by molar-refractivity contribution is 0.0566. The van der Waals surface area contributed by atoms with Crippen LogP contribution in [0.5, 0.6) is 0 Å². The molecule has 0 amide bonds. The van der Waals surface area contributed by atoms with Crippen molar-refractivity contribution in [3.05, 3.63) is 29.3 Å². The Bertz CT molecular complexity index is 496. The van der Waals surface area contributed by atoms with E-state index in [2.05, 4.69) is 23.1 Å². The van der Waals surface area contributed by atoms with Crippen molar-refractivity contribution in [2.75, 3.05) is 18.8 Å². The van der Waals surface area contributed by atoms with Gasteiger partial charge in [-0.15, -0.1) is 0 Å². The van der Waals surface area contributed by atoms with Crippen LogP contribution in [0.15, 0.2) is 18.2 Å². The van der Waals surface area contributed by atoms with E-state index in [9.17, 15) is 0 Å². The Balaban J connectivity index is 1.52. The number of piperidine rings is 1. The van der Waals surface area contributed by atoms with Gasteiger partial charge in [0.25, 0.3) is 0 Å². The SMILES string of the molecule is Nc1ccc2c(c1)CCC2N1CCC2CCCCC2C1. The predicted molar refractivity (Wildman–Crippen MR) is 83.6 cm³/mol. The Kier molecular flexibility index (Phi) is 3.22. The number of likely N-dealkylation sites (tertiary alicyclic amines) is 1. The van der Waals surface area contributed by atoms with Crippen LogP contribution in [0.3, 0.4) is 0 Å². The standard InChI is InChI=1S/C18H26N2/c19-16-6-7-17-14(11-16)5-8-18(17)20-10-9-13-3-1-2-4-15(13)12-20/h6-7,11,13,15,18H,1-5,8-10,12,19H2. The summed E-state index contributed by atoms with van der Waals surface area (Å²) in [6, 6.07) is 7.25. The molecule has 0 spiro atoms. The number of aryl methyl sites for hydroxylation is 1. The maximum atomic E-state index is 5.93. The van der Waals surface area contributed by atoms with Crippen LogP contribution in [0.25, 0.3) is 0 Å². The van der Waals surface area contributed by atoms with E-state index >= 15 is 0 Å². The Labute approximate surface area is 122 Å². The molecule has 2 aliphatic carbocycles. The van der Waals surface area contributed by atoms with Gasteiger partial charge in [0.15, 0.2) is 0 Å². The molecular weight excluding hydrogens is 244 g/mol. The zero-order valence-corrected chi connectivity index (χ0v) is 12.4. The first kappa shape index (κ1) is 12.7. The molecule has 1 saturated heterocycles. The number of hydrogen-bond acceptors (Lipinski definition) is 2. The third-order valence-electron chi connectivity index (χ3n) is 5.98. The molecule has 3 aliphatic rings. The van der Waals surface area contributed by atoms with Crippen molar-refractivity contribution >= 4 is 5.69 Å². The Morgan fingerprint density at radius 3 is 2.75 bits per heavy atom. The topological polar surface area (TPSA) is 29.3 Å². The van der Waals surface area contributed by atoms with Crippen LogP contribution in [-0.2, 0) is 6.42 Å². The molecule has 1 aromatic carbocycles. The largest absolute Gasteiger partial charge is 0.399 e. The lowest BCUT2D eigenvalue weighted by Gasteiger charge is -2.43. The van der Waals surface area contributed by atoms with Gasteiger partial charge in [0.2, 0.25) is 0 Å². The average Bonchev–Trinajstić information content (AvgIpc) is 2.89. The van der Waals surface area contributed by atoms with Crippen molar-refractivity contribution in [1.29, 1.82) is 0 Å². The molecule has 1 aliphatic heterocycles. The summed E-state index contributed by atoms with van der Waals surface area (Å²) in [6.45, 7) is 2.66. The van der Waals surface area contributed by atoms with Gasteiger partial charge in [0, 0.05) is 18.3 Å². The molecule has 1 heterocycles. The molecule has 1 saturated carbocycles. The minimum absolute atomic E-state index is 0.675. The van der Waals surface area contributed by atoms with Gasteiger partial charge in [-0.2, -0.15) is 0 Å². The fourth-order valence-corrected chi connectivity index (χ4v) is 4.91. The van der Waals surface area contributed by atoms with E-state index in [0.29, 0.717) is 6.04 Å². The van der Waals surface area contributed by atoms with Gasteiger partial charge < -0.3 is 5.73 Å². The normalized spacial score (nSPS) is 33.7. The lowest BCUT2D eigenvalue weighted by Crippen LogP contribution is -2.43. The van der Waals surface area contributed by atoms with Gasteiger partial charge in [-0.25, -0.2) is 0 Å². The summed E-state index contributed by atoms with van der Waals surface area (Å²) in [7, 11) is 0. The monoisotopic (exact) mass is 270 g/mol. The molecule has 2 heteroatoms. The summed E-state index contributed by atoms with van der Waals surface area (Å²) in [5.74, 6) is 2.02. The van der Waals surface area contributed by atoms with Crippen molar-refractivity contribution in [2.45, 2.75) is 51.0 Å². The van der Waals surface area contributed by atoms with Gasteiger partial charge >= 0.3 is 0 Å². The first-order chi connectivity index (χ1) is 9.81. The number of nitrogens with zero attached hydrogens (tertiary/aromatic N) is 1. The van der Waals surface area contributed by atoms with E-state index in [0.717, 1.165) is 17.5 Å². The fraction of sp³-hybridized carbons (Fsp3) is 0.667. The zero-order chi connectivity index (χ0) is 13.5. The quantitative estimate of drug-likeness (QED) is 0.787. The van der Waals surface area contributed by atoms with Gasteiger partial charge in [0.05, 0.1) is 0 Å². The van der Waals surface area contributed by atoms with Crippen molar-refractivity contribution < 1.29 is 0 Å². The third kappa shape index (κ3) is 2.14. The molecule has 0 bridgehead atoms. The second-order valence-corrected chi connectivity index (χ2v) is 7.10. The van der Waals surface area contributed by atoms with Crippen molar-refractivity contribution in [3.8, 4) is 0 Å². The second kappa shape index (κ2) is 5.07. The van der Waals surface area contributed by atoms with Gasteiger partial charge in [-0.05, 0) is 67.3 Å². The molecule has 3 unspecified atom stereocenters. The summed E-state index contributed by atoms with van der Waals surface area (Å²) >= 11 is 0. The number of benzene rings is 1. The van der Waals surface area contributed by atoms with Crippen LogP contribution < -0.4 is 5.73 Å². The number of rotatable bonds is 1. The van der Waals surface area contributed by atoms with Gasteiger partial charge in [0.1, 0.15) is 0 Å². The molecule has 3 atom stereocenters. The van der Waals surface area contributed by atoms with Crippen molar-refractivity contribution in [1.82, 2.24) is 4.90 Å². The minimum atomic E-state index is 0.675. The summed E-state index contributed by atoms with van der Waals surface area (Å²) in [5, 5.41) is 0. The number of nitrogens with two attached hydrogens (primary N) is 1. The smallest absolute Gasteiger partial charge is 0.0354 e. The Hall–Kier alpha value is -1.02. The van der Waals surface area contributed by atoms with E-state index in [-0.39, 0.29) is 0 Å². The van der Waals surface area contributed by atoms with Crippen LogP contribution in [0.1, 0.15) is 55.7 Å². The van der Waals surface area contributed by atoms with Gasteiger partial charge in [-0.3, -0.25) is 4.90 Å². The highest BCUT2D eigenvalue weighted by atomic mass is 15.2. The van der Waals surface area contributed by atoms with Crippen LogP contribution in [0.4, 0.5) is 5.69 Å². The highest BCUT2D eigenvalue weighted by Crippen LogP contribution is 2.42. The minimum Gasteiger partial charge on any atom is -0.399 e. The summed E-state index contributed by atoms with van der Waals surface area (Å²) < 4.78 is 0. The highest BCUT2D eigenvalue weighted by Gasteiger charge is 2.36. The maximum Gasteiger partial charge on any atom is 0.0354 e. The molecule has 0 radical (unpaired) electrons. The Morgan fingerprint density at radius 2 is 1.85 bits per heavy atom. The molecule has 2 nitrogen and oxygen atoms in total. The lowest BCUT2D eigenvalue weighted by atomic mass is 9.74. The van der Waals surface area contributed by atoms with E-state index in [1.54, 1.807) is 5.56 Å². The maximum absolute atomic E-state index is 5.93. The van der Waals surface area contributed by atoms with Crippen LogP contribution >= 0.6 is 0 Å². The molecule has 1 aromatic rings. The van der Waals surface area contributed by atoms with E-state index in [4.69, 9.17) is 5.73 Å². The molecule has 108 valence electrons. The number of fused-ring (bicyclic) bond motifs is 2. The molecule has 0 aromatic heterocycles. The molecule has 4 rings (SSSR count). The second-order valence-electron chi connectivity index (χ2n) is 7.10. The van der Waals surface area contributed by atoms with Crippen LogP contribution in [-0.4, -0.2) is 18.0 Å². The van der Waals surface area contributed by atoms with E-state index in [1.165, 1.54) is 63.6 Å². The molecule has 2 fully saturated rings. The summed E-state index contributed by atoms with van der Waals surface area (Å²) in [4.78, 5) is 2.79. The molecule has 20 heavy (non-hydrogen) atoms. The van der Waals surface area contributed by atoms with E-state index in [1.807, 2.05) is 0 Å². The first-order valence-electron chi connectivity index (χ1n) is 8.43. The van der Waals surface area contributed by atoms with Crippen LogP contribution in [0.2, 0.25) is 0 Å². The zero-order valence-electron chi connectivity index (χ0n) is 12.4.